The van der Waals surface area contributed by atoms with Gasteiger partial charge in [0.15, 0.2) is 0 Å². The van der Waals surface area contributed by atoms with Crippen LogP contribution in [0.4, 0.5) is 0 Å². The summed E-state index contributed by atoms with van der Waals surface area (Å²) in [6.07, 6.45) is 8.08. The van der Waals surface area contributed by atoms with Crippen LogP contribution in [0.1, 0.15) is 85.9 Å². The molecule has 0 saturated carbocycles. The molecule has 186 valence electrons. The minimum Gasteiger partial charge on any atom is -0.494 e. The van der Waals surface area contributed by atoms with Gasteiger partial charge in [0.25, 0.3) is 11.8 Å². The third kappa shape index (κ3) is 10.7. The van der Waals surface area contributed by atoms with E-state index in [9.17, 15) is 9.59 Å². The van der Waals surface area contributed by atoms with Crippen LogP contribution in [0.2, 0.25) is 0 Å². The molecule has 2 amide bonds. The Labute approximate surface area is 204 Å². The predicted octanol–water partition coefficient (Wildman–Crippen LogP) is 5.76. The second-order valence-corrected chi connectivity index (χ2v) is 8.38. The Balaban J connectivity index is 1.52. The minimum absolute atomic E-state index is 0.0610. The van der Waals surface area contributed by atoms with E-state index in [0.29, 0.717) is 37.4 Å². The first-order valence-corrected chi connectivity index (χ1v) is 12.7. The van der Waals surface area contributed by atoms with Crippen molar-refractivity contribution in [3.8, 4) is 11.5 Å². The highest BCUT2D eigenvalue weighted by Gasteiger charge is 2.06. The summed E-state index contributed by atoms with van der Waals surface area (Å²) in [4.78, 5) is 24.5. The van der Waals surface area contributed by atoms with Crippen molar-refractivity contribution in [2.75, 3.05) is 26.3 Å². The van der Waals surface area contributed by atoms with E-state index in [-0.39, 0.29) is 11.8 Å². The Kier molecular flexibility index (Phi) is 13.3. The molecule has 0 radical (unpaired) electrons. The van der Waals surface area contributed by atoms with Crippen LogP contribution in [-0.2, 0) is 0 Å². The molecule has 0 spiro atoms. The lowest BCUT2D eigenvalue weighted by molar-refractivity contribution is 0.0943. The zero-order valence-corrected chi connectivity index (χ0v) is 20.7. The summed E-state index contributed by atoms with van der Waals surface area (Å²) in [7, 11) is 0. The number of ether oxygens (including phenoxy) is 2. The highest BCUT2D eigenvalue weighted by Crippen LogP contribution is 2.14. The monoisotopic (exact) mass is 468 g/mol. The molecule has 34 heavy (non-hydrogen) atoms. The Bertz CT molecular complexity index is 763. The predicted molar refractivity (Wildman–Crippen MR) is 137 cm³/mol. The Morgan fingerprint density at radius 2 is 0.971 bits per heavy atom. The Morgan fingerprint density at radius 1 is 0.588 bits per heavy atom. The summed E-state index contributed by atoms with van der Waals surface area (Å²) in [6.45, 7) is 6.95. The Hall–Kier alpha value is -3.02. The van der Waals surface area contributed by atoms with Gasteiger partial charge in [-0.05, 0) is 74.2 Å². The molecule has 0 bridgehead atoms. The van der Waals surface area contributed by atoms with Gasteiger partial charge in [0, 0.05) is 24.2 Å². The summed E-state index contributed by atoms with van der Waals surface area (Å²) in [6, 6.07) is 14.6. The zero-order chi connectivity index (χ0) is 24.4. The fourth-order valence-electron chi connectivity index (χ4n) is 3.29. The average Bonchev–Trinajstić information content (AvgIpc) is 2.86. The van der Waals surface area contributed by atoms with Gasteiger partial charge in [-0.2, -0.15) is 0 Å². The molecule has 0 fully saturated rings. The third-order valence-electron chi connectivity index (χ3n) is 5.44. The van der Waals surface area contributed by atoms with E-state index in [4.69, 9.17) is 9.47 Å². The normalized spacial score (nSPS) is 10.5. The van der Waals surface area contributed by atoms with Crippen molar-refractivity contribution < 1.29 is 19.1 Å². The highest BCUT2D eigenvalue weighted by atomic mass is 16.5. The highest BCUT2D eigenvalue weighted by molar-refractivity contribution is 5.94. The van der Waals surface area contributed by atoms with Crippen LogP contribution in [0.15, 0.2) is 48.5 Å². The quantitative estimate of drug-likeness (QED) is 0.289. The lowest BCUT2D eigenvalue weighted by Gasteiger charge is -2.08. The zero-order valence-electron chi connectivity index (χ0n) is 20.7. The largest absolute Gasteiger partial charge is 0.494 e. The van der Waals surface area contributed by atoms with Gasteiger partial charge in [-0.1, -0.05) is 39.5 Å². The number of hydrogen-bond acceptors (Lipinski definition) is 4. The van der Waals surface area contributed by atoms with E-state index in [2.05, 4.69) is 24.5 Å². The van der Waals surface area contributed by atoms with Crippen molar-refractivity contribution in [3.05, 3.63) is 59.7 Å². The molecule has 6 heteroatoms. The topological polar surface area (TPSA) is 76.7 Å². The number of benzene rings is 2. The number of unbranched alkanes of at least 4 members (excludes halogenated alkanes) is 5. The molecule has 6 nitrogen and oxygen atoms in total. The van der Waals surface area contributed by atoms with Crippen LogP contribution >= 0.6 is 0 Å². The van der Waals surface area contributed by atoms with Gasteiger partial charge in [0.05, 0.1) is 13.2 Å². The van der Waals surface area contributed by atoms with Gasteiger partial charge in [0.2, 0.25) is 0 Å². The van der Waals surface area contributed by atoms with Crippen molar-refractivity contribution in [2.24, 2.45) is 0 Å². The number of amides is 2. The average molecular weight is 469 g/mol. The molecule has 0 aliphatic carbocycles. The standard InChI is InChI=1S/C28H40N2O4/c1-3-5-21-33-25-15-11-23(12-16-25)27(31)29-19-9-7-8-10-20-30-28(32)24-13-17-26(18-14-24)34-22-6-4-2/h11-18H,3-10,19-22H2,1-2H3,(H,29,31)(H,30,32). The van der Waals surface area contributed by atoms with Crippen LogP contribution in [0, 0.1) is 0 Å². The van der Waals surface area contributed by atoms with Crippen molar-refractivity contribution in [1.29, 1.82) is 0 Å². The first kappa shape index (κ1) is 27.2. The third-order valence-corrected chi connectivity index (χ3v) is 5.44. The molecule has 0 saturated heterocycles. The van der Waals surface area contributed by atoms with Crippen LogP contribution in [0.5, 0.6) is 11.5 Å². The molecule has 0 aromatic heterocycles. The minimum atomic E-state index is -0.0610. The van der Waals surface area contributed by atoms with Crippen molar-refractivity contribution >= 4 is 11.8 Å². The van der Waals surface area contributed by atoms with E-state index in [1.165, 1.54) is 0 Å². The molecule has 2 aromatic rings. The smallest absolute Gasteiger partial charge is 0.251 e. The lowest BCUT2D eigenvalue weighted by Crippen LogP contribution is -2.25. The Morgan fingerprint density at radius 3 is 1.32 bits per heavy atom. The van der Waals surface area contributed by atoms with Crippen LogP contribution in [0.25, 0.3) is 0 Å². The van der Waals surface area contributed by atoms with Crippen LogP contribution < -0.4 is 20.1 Å². The van der Waals surface area contributed by atoms with Gasteiger partial charge in [0.1, 0.15) is 11.5 Å². The van der Waals surface area contributed by atoms with Crippen LogP contribution in [0.3, 0.4) is 0 Å². The number of rotatable bonds is 17. The number of nitrogens with one attached hydrogen (secondary N) is 2. The molecule has 2 rings (SSSR count). The fraction of sp³-hybridized carbons (Fsp3) is 0.500. The maximum Gasteiger partial charge on any atom is 0.251 e. The molecule has 0 heterocycles. The maximum atomic E-state index is 12.2. The summed E-state index contributed by atoms with van der Waals surface area (Å²) in [5, 5.41) is 5.92. The summed E-state index contributed by atoms with van der Waals surface area (Å²) in [5.41, 5.74) is 1.29. The molecular formula is C28H40N2O4. The molecular weight excluding hydrogens is 428 g/mol. The fourth-order valence-corrected chi connectivity index (χ4v) is 3.29. The summed E-state index contributed by atoms with van der Waals surface area (Å²) in [5.74, 6) is 1.47. The van der Waals surface area contributed by atoms with Crippen molar-refractivity contribution in [2.45, 2.75) is 65.2 Å². The summed E-state index contributed by atoms with van der Waals surface area (Å²) >= 11 is 0. The van der Waals surface area contributed by atoms with Crippen LogP contribution in [-0.4, -0.2) is 38.1 Å². The lowest BCUT2D eigenvalue weighted by atomic mass is 10.1. The number of carbonyl (C=O) groups excluding carboxylic acids is 2. The van der Waals surface area contributed by atoms with Gasteiger partial charge >= 0.3 is 0 Å². The maximum absolute atomic E-state index is 12.2. The number of hydrogen-bond donors (Lipinski definition) is 2. The molecule has 0 atom stereocenters. The van der Waals surface area contributed by atoms with E-state index in [1.54, 1.807) is 24.3 Å². The molecule has 2 aromatic carbocycles. The van der Waals surface area contributed by atoms with E-state index in [0.717, 1.165) is 62.9 Å². The molecule has 2 N–H and O–H groups in total. The van der Waals surface area contributed by atoms with E-state index >= 15 is 0 Å². The molecule has 0 aliphatic heterocycles. The molecule has 0 unspecified atom stereocenters. The first-order chi connectivity index (χ1) is 16.6. The van der Waals surface area contributed by atoms with E-state index in [1.807, 2.05) is 24.3 Å². The van der Waals surface area contributed by atoms with Gasteiger partial charge in [-0.3, -0.25) is 9.59 Å². The molecule has 0 aliphatic rings. The number of carbonyl (C=O) groups is 2. The second-order valence-electron chi connectivity index (χ2n) is 8.38. The van der Waals surface area contributed by atoms with Crippen molar-refractivity contribution in [1.82, 2.24) is 10.6 Å². The van der Waals surface area contributed by atoms with Crippen molar-refractivity contribution in [3.63, 3.8) is 0 Å². The van der Waals surface area contributed by atoms with Gasteiger partial charge < -0.3 is 20.1 Å². The van der Waals surface area contributed by atoms with Gasteiger partial charge in [-0.15, -0.1) is 0 Å². The summed E-state index contributed by atoms with van der Waals surface area (Å²) < 4.78 is 11.2. The second kappa shape index (κ2) is 16.6. The SMILES string of the molecule is CCCCOc1ccc(C(=O)NCCCCCCNC(=O)c2ccc(OCCCC)cc2)cc1. The van der Waals surface area contributed by atoms with Gasteiger partial charge in [-0.25, -0.2) is 0 Å². The van der Waals surface area contributed by atoms with E-state index < -0.39 is 0 Å². The first-order valence-electron chi connectivity index (χ1n) is 12.7.